The fourth-order valence-electron chi connectivity index (χ4n) is 6.06. The van der Waals surface area contributed by atoms with Crippen LogP contribution in [0.3, 0.4) is 0 Å². The molecular formula is C28H30N8O. The minimum absolute atomic E-state index is 0.167. The zero-order valence-corrected chi connectivity index (χ0v) is 21.2. The lowest BCUT2D eigenvalue weighted by molar-refractivity contribution is 0.113. The highest BCUT2D eigenvalue weighted by Gasteiger charge is 2.46. The van der Waals surface area contributed by atoms with Gasteiger partial charge in [-0.15, -0.1) is 0 Å². The molecule has 3 aromatic heterocycles. The van der Waals surface area contributed by atoms with Crippen LogP contribution in [0, 0.1) is 0 Å². The maximum Gasteiger partial charge on any atom is 0.199 e. The van der Waals surface area contributed by atoms with Gasteiger partial charge in [0.1, 0.15) is 6.33 Å². The maximum atomic E-state index is 9.93. The standard InChI is InChI=1S/C28H30N8O/c1-28(2,3)35-15-21-11-22(35)14-34(21)20-7-5-19(6-8-20)33-25-26-31-16-32-36(26)24(13-29-25)17-4-9-23-18(10-17)12-30-27(23)37/h4-10,12-13,16,21-22,30,37H,11,14-15H2,1-3H3,(H,29,33)/t21-,22-/m0/s1. The molecule has 37 heavy (non-hydrogen) atoms. The van der Waals surface area contributed by atoms with E-state index in [1.807, 2.05) is 18.2 Å². The number of anilines is 3. The lowest BCUT2D eigenvalue weighted by Crippen LogP contribution is -2.53. The number of benzene rings is 2. The first-order chi connectivity index (χ1) is 17.8. The molecule has 2 aliphatic heterocycles. The van der Waals surface area contributed by atoms with Crippen LogP contribution in [0.1, 0.15) is 27.2 Å². The number of aromatic amines is 1. The second-order valence-electron chi connectivity index (χ2n) is 11.1. The van der Waals surface area contributed by atoms with E-state index in [-0.39, 0.29) is 11.4 Å². The molecule has 0 spiro atoms. The summed E-state index contributed by atoms with van der Waals surface area (Å²) in [5, 5.41) is 19.5. The molecule has 0 amide bonds. The summed E-state index contributed by atoms with van der Waals surface area (Å²) in [6.07, 6.45) is 6.37. The van der Waals surface area contributed by atoms with Crippen molar-refractivity contribution in [1.29, 1.82) is 0 Å². The molecule has 2 aromatic carbocycles. The number of aromatic nitrogens is 5. The molecule has 2 aliphatic rings. The van der Waals surface area contributed by atoms with E-state index in [1.165, 1.54) is 12.1 Å². The molecule has 3 N–H and O–H groups in total. The number of piperazine rings is 1. The van der Waals surface area contributed by atoms with Crippen LogP contribution < -0.4 is 10.2 Å². The number of hydrogen-bond acceptors (Lipinski definition) is 7. The number of rotatable bonds is 4. The van der Waals surface area contributed by atoms with Gasteiger partial charge in [-0.05, 0) is 63.6 Å². The van der Waals surface area contributed by atoms with E-state index in [0.717, 1.165) is 40.8 Å². The van der Waals surface area contributed by atoms with Crippen LogP contribution in [-0.4, -0.2) is 65.3 Å². The summed E-state index contributed by atoms with van der Waals surface area (Å²) < 4.78 is 1.79. The molecule has 0 unspecified atom stereocenters. The van der Waals surface area contributed by atoms with Gasteiger partial charge < -0.3 is 20.3 Å². The Balaban J connectivity index is 1.12. The minimum Gasteiger partial charge on any atom is -0.494 e. The number of likely N-dealkylation sites (tertiary alicyclic amines) is 1. The average molecular weight is 495 g/mol. The quantitative estimate of drug-likeness (QED) is 0.331. The van der Waals surface area contributed by atoms with E-state index < -0.39 is 0 Å². The summed E-state index contributed by atoms with van der Waals surface area (Å²) in [5.74, 6) is 0.815. The smallest absolute Gasteiger partial charge is 0.199 e. The van der Waals surface area contributed by atoms with Gasteiger partial charge in [0.2, 0.25) is 0 Å². The van der Waals surface area contributed by atoms with Gasteiger partial charge in [0, 0.05) is 64.6 Å². The number of H-pyrrole nitrogens is 1. The van der Waals surface area contributed by atoms with Crippen LogP contribution in [0.4, 0.5) is 17.2 Å². The largest absolute Gasteiger partial charge is 0.494 e. The van der Waals surface area contributed by atoms with Crippen molar-refractivity contribution >= 4 is 33.6 Å². The summed E-state index contributed by atoms with van der Waals surface area (Å²) in [5.41, 5.74) is 4.87. The normalized spacial score (nSPS) is 19.9. The molecule has 5 aromatic rings. The van der Waals surface area contributed by atoms with Crippen molar-refractivity contribution in [3.63, 3.8) is 0 Å². The molecule has 0 radical (unpaired) electrons. The molecule has 5 heterocycles. The molecule has 0 saturated carbocycles. The van der Waals surface area contributed by atoms with Gasteiger partial charge in [-0.1, -0.05) is 6.07 Å². The van der Waals surface area contributed by atoms with Crippen molar-refractivity contribution in [3.8, 4) is 17.1 Å². The SMILES string of the molecule is CC(C)(C)N1C[C@@H]2C[C@H]1CN2c1ccc(Nc2ncc(-c3ccc4c(O)[nH]cc4c3)n3ncnc23)cc1. The molecule has 0 aliphatic carbocycles. The highest BCUT2D eigenvalue weighted by atomic mass is 16.3. The Morgan fingerprint density at radius 2 is 1.86 bits per heavy atom. The van der Waals surface area contributed by atoms with Crippen molar-refractivity contribution in [3.05, 3.63) is 61.2 Å². The fourth-order valence-corrected chi connectivity index (χ4v) is 6.06. The monoisotopic (exact) mass is 494 g/mol. The Morgan fingerprint density at radius 3 is 2.62 bits per heavy atom. The molecule has 9 nitrogen and oxygen atoms in total. The first-order valence-electron chi connectivity index (χ1n) is 12.7. The summed E-state index contributed by atoms with van der Waals surface area (Å²) in [4.78, 5) is 17.2. The minimum atomic E-state index is 0.167. The number of nitrogens with zero attached hydrogens (tertiary/aromatic N) is 6. The number of fused-ring (bicyclic) bond motifs is 4. The molecule has 7 rings (SSSR count). The molecule has 2 fully saturated rings. The van der Waals surface area contributed by atoms with Crippen LogP contribution in [0.25, 0.3) is 27.7 Å². The van der Waals surface area contributed by atoms with Gasteiger partial charge >= 0.3 is 0 Å². The van der Waals surface area contributed by atoms with Crippen LogP contribution in [0.5, 0.6) is 5.88 Å². The highest BCUT2D eigenvalue weighted by molar-refractivity contribution is 5.91. The van der Waals surface area contributed by atoms with Crippen molar-refractivity contribution in [2.75, 3.05) is 23.3 Å². The summed E-state index contributed by atoms with van der Waals surface area (Å²) >= 11 is 0. The predicted molar refractivity (Wildman–Crippen MR) is 145 cm³/mol. The third-order valence-corrected chi connectivity index (χ3v) is 7.83. The van der Waals surface area contributed by atoms with Gasteiger partial charge in [-0.25, -0.2) is 14.5 Å². The first kappa shape index (κ1) is 22.1. The highest BCUT2D eigenvalue weighted by Crippen LogP contribution is 2.38. The second-order valence-corrected chi connectivity index (χ2v) is 11.1. The molecule has 2 bridgehead atoms. The van der Waals surface area contributed by atoms with E-state index in [1.54, 1.807) is 23.2 Å². The van der Waals surface area contributed by atoms with E-state index in [0.29, 0.717) is 23.5 Å². The lowest BCUT2D eigenvalue weighted by atomic mass is 10.0. The number of hydrogen-bond donors (Lipinski definition) is 3. The molecular weight excluding hydrogens is 464 g/mol. The van der Waals surface area contributed by atoms with Gasteiger partial charge in [-0.2, -0.15) is 5.10 Å². The van der Waals surface area contributed by atoms with Crippen LogP contribution in [0.2, 0.25) is 0 Å². The lowest BCUT2D eigenvalue weighted by Gasteiger charge is -2.42. The Bertz CT molecular complexity index is 1610. The van der Waals surface area contributed by atoms with E-state index in [2.05, 4.69) is 75.2 Å². The summed E-state index contributed by atoms with van der Waals surface area (Å²) in [6.45, 7) is 9.17. The molecule has 188 valence electrons. The Morgan fingerprint density at radius 1 is 1.03 bits per heavy atom. The first-order valence-corrected chi connectivity index (χ1v) is 12.7. The van der Waals surface area contributed by atoms with E-state index in [9.17, 15) is 5.11 Å². The van der Waals surface area contributed by atoms with Gasteiger partial charge in [0.05, 0.1) is 11.9 Å². The second kappa shape index (κ2) is 7.94. The molecule has 9 heteroatoms. The van der Waals surface area contributed by atoms with Crippen molar-refractivity contribution in [1.82, 2.24) is 29.5 Å². The van der Waals surface area contributed by atoms with Crippen LogP contribution >= 0.6 is 0 Å². The zero-order valence-electron chi connectivity index (χ0n) is 21.2. The number of aromatic hydroxyl groups is 1. The fraction of sp³-hybridized carbons (Fsp3) is 0.321. The van der Waals surface area contributed by atoms with Crippen molar-refractivity contribution in [2.45, 2.75) is 44.8 Å². The Kier molecular flexibility index (Phi) is 4.75. The van der Waals surface area contributed by atoms with E-state index >= 15 is 0 Å². The molecule has 2 saturated heterocycles. The summed E-state index contributed by atoms with van der Waals surface area (Å²) in [6, 6.07) is 15.7. The maximum absolute atomic E-state index is 9.93. The summed E-state index contributed by atoms with van der Waals surface area (Å²) in [7, 11) is 0. The third-order valence-electron chi connectivity index (χ3n) is 7.83. The molecule has 2 atom stereocenters. The van der Waals surface area contributed by atoms with Crippen LogP contribution in [0.15, 0.2) is 61.2 Å². The van der Waals surface area contributed by atoms with Gasteiger partial charge in [-0.3, -0.25) is 4.90 Å². The Hall–Kier alpha value is -4.11. The van der Waals surface area contributed by atoms with E-state index in [4.69, 9.17) is 4.98 Å². The van der Waals surface area contributed by atoms with Crippen LogP contribution in [-0.2, 0) is 0 Å². The van der Waals surface area contributed by atoms with Crippen molar-refractivity contribution < 1.29 is 5.11 Å². The van der Waals surface area contributed by atoms with Gasteiger partial charge in [0.15, 0.2) is 17.3 Å². The topological polar surface area (TPSA) is 97.6 Å². The zero-order chi connectivity index (χ0) is 25.3. The Labute approximate surface area is 214 Å². The number of nitrogens with one attached hydrogen (secondary N) is 2. The van der Waals surface area contributed by atoms with Crippen molar-refractivity contribution in [2.24, 2.45) is 0 Å². The predicted octanol–water partition coefficient (Wildman–Crippen LogP) is 4.78. The third kappa shape index (κ3) is 3.61. The average Bonchev–Trinajstić information content (AvgIpc) is 3.68. The van der Waals surface area contributed by atoms with Gasteiger partial charge in [0.25, 0.3) is 0 Å².